The summed E-state index contributed by atoms with van der Waals surface area (Å²) in [6.45, 7) is 2.39. The average molecular weight is 285 g/mol. The fourth-order valence-electron chi connectivity index (χ4n) is 1.89. The Bertz CT molecular complexity index is 424. The van der Waals surface area contributed by atoms with Crippen molar-refractivity contribution in [2.24, 2.45) is 0 Å². The summed E-state index contributed by atoms with van der Waals surface area (Å²) in [6, 6.07) is 1.59. The second-order valence-corrected chi connectivity index (χ2v) is 4.67. The summed E-state index contributed by atoms with van der Waals surface area (Å²) in [6.07, 6.45) is 4.08. The molecule has 0 saturated carbocycles. The molecule has 0 atom stereocenters. The molecule has 2 N–H and O–H groups in total. The zero-order valence-corrected chi connectivity index (χ0v) is 11.3. The number of anilines is 1. The van der Waals surface area contributed by atoms with Gasteiger partial charge in [-0.15, -0.1) is 0 Å². The van der Waals surface area contributed by atoms with Gasteiger partial charge in [0.15, 0.2) is 0 Å². The summed E-state index contributed by atoms with van der Waals surface area (Å²) >= 11 is 5.63. The third kappa shape index (κ3) is 5.10. The van der Waals surface area contributed by atoms with Gasteiger partial charge in [0.05, 0.1) is 19.1 Å². The van der Waals surface area contributed by atoms with E-state index in [2.05, 4.69) is 20.6 Å². The fourth-order valence-corrected chi connectivity index (χ4v) is 2.04. The maximum absolute atomic E-state index is 11.7. The molecule has 1 aliphatic heterocycles. The smallest absolute Gasteiger partial charge is 0.227 e. The lowest BCUT2D eigenvalue weighted by atomic mass is 10.1. The number of hydrogen-bond acceptors (Lipinski definition) is 5. The molecule has 7 heteroatoms. The molecule has 1 fully saturated rings. The quantitative estimate of drug-likeness (QED) is 0.795. The maximum atomic E-state index is 11.7. The highest BCUT2D eigenvalue weighted by Gasteiger charge is 2.13. The van der Waals surface area contributed by atoms with Gasteiger partial charge in [-0.1, -0.05) is 0 Å². The monoisotopic (exact) mass is 284 g/mol. The number of nitrogens with one attached hydrogen (secondary N) is 2. The molecule has 0 radical (unpaired) electrons. The predicted molar refractivity (Wildman–Crippen MR) is 72.1 cm³/mol. The van der Waals surface area contributed by atoms with Crippen LogP contribution in [0.4, 0.5) is 5.82 Å². The number of nitrogens with zero attached hydrogens (tertiary/aromatic N) is 2. The predicted octanol–water partition coefficient (Wildman–Crippen LogP) is 1.23. The summed E-state index contributed by atoms with van der Waals surface area (Å²) in [5, 5.41) is 6.03. The van der Waals surface area contributed by atoms with Crippen molar-refractivity contribution in [1.82, 2.24) is 15.3 Å². The van der Waals surface area contributed by atoms with Crippen LogP contribution in [0.25, 0.3) is 0 Å². The van der Waals surface area contributed by atoms with E-state index in [1.54, 1.807) is 6.07 Å². The molecule has 0 unspecified atom stereocenters. The van der Waals surface area contributed by atoms with Crippen LogP contribution < -0.4 is 10.6 Å². The van der Waals surface area contributed by atoms with Crippen LogP contribution in [0.5, 0.6) is 0 Å². The van der Waals surface area contributed by atoms with Crippen molar-refractivity contribution < 1.29 is 9.53 Å². The second-order valence-electron chi connectivity index (χ2n) is 4.33. The minimum atomic E-state index is -0.135. The number of amides is 1. The standard InChI is InChI=1S/C12H17ClN4O2/c13-12-15-7-3-10(17-12)16-11(18)4-8-19-9-1-5-14-6-2-9/h3,7,9,14H,1-2,4-6,8H2,(H,15,16,17,18). The first-order valence-electron chi connectivity index (χ1n) is 6.35. The first kappa shape index (κ1) is 14.2. The zero-order chi connectivity index (χ0) is 13.5. The summed E-state index contributed by atoms with van der Waals surface area (Å²) < 4.78 is 5.66. The van der Waals surface area contributed by atoms with Crippen molar-refractivity contribution in [2.45, 2.75) is 25.4 Å². The summed E-state index contributed by atoms with van der Waals surface area (Å²) in [7, 11) is 0. The van der Waals surface area contributed by atoms with Crippen LogP contribution in [-0.2, 0) is 9.53 Å². The molecule has 104 valence electrons. The van der Waals surface area contributed by atoms with Crippen LogP contribution in [-0.4, -0.2) is 41.7 Å². The molecule has 1 aliphatic rings. The molecule has 1 saturated heterocycles. The van der Waals surface area contributed by atoms with Gasteiger partial charge in [-0.25, -0.2) is 9.97 Å². The van der Waals surface area contributed by atoms with Crippen molar-refractivity contribution in [1.29, 1.82) is 0 Å². The summed E-state index contributed by atoms with van der Waals surface area (Å²) in [5.41, 5.74) is 0. The number of ether oxygens (including phenoxy) is 1. The molecule has 6 nitrogen and oxygen atoms in total. The first-order chi connectivity index (χ1) is 9.24. The van der Waals surface area contributed by atoms with Gasteiger partial charge in [0.1, 0.15) is 5.82 Å². The van der Waals surface area contributed by atoms with Crippen LogP contribution in [0.2, 0.25) is 5.28 Å². The molecule has 1 aromatic rings. The van der Waals surface area contributed by atoms with Gasteiger partial charge >= 0.3 is 0 Å². The highest BCUT2D eigenvalue weighted by atomic mass is 35.5. The van der Waals surface area contributed by atoms with Gasteiger partial charge in [-0.05, 0) is 43.6 Å². The van der Waals surface area contributed by atoms with Crippen molar-refractivity contribution in [2.75, 3.05) is 25.0 Å². The third-order valence-electron chi connectivity index (χ3n) is 2.86. The molecule has 0 aromatic carbocycles. The van der Waals surface area contributed by atoms with E-state index >= 15 is 0 Å². The number of carbonyl (C=O) groups excluding carboxylic acids is 1. The highest BCUT2D eigenvalue weighted by Crippen LogP contribution is 2.09. The van der Waals surface area contributed by atoms with Gasteiger partial charge < -0.3 is 15.4 Å². The number of halogens is 1. The minimum Gasteiger partial charge on any atom is -0.378 e. The molecule has 0 bridgehead atoms. The van der Waals surface area contributed by atoms with Gasteiger partial charge in [0, 0.05) is 6.20 Å². The van der Waals surface area contributed by atoms with Crippen LogP contribution in [0.1, 0.15) is 19.3 Å². The lowest BCUT2D eigenvalue weighted by Crippen LogP contribution is -2.33. The summed E-state index contributed by atoms with van der Waals surface area (Å²) in [4.78, 5) is 19.3. The maximum Gasteiger partial charge on any atom is 0.227 e. The van der Waals surface area contributed by atoms with Crippen LogP contribution in [0, 0.1) is 0 Å². The topological polar surface area (TPSA) is 76.1 Å². The SMILES string of the molecule is O=C(CCOC1CCNCC1)Nc1ccnc(Cl)n1. The Morgan fingerprint density at radius 3 is 3.05 bits per heavy atom. The number of hydrogen-bond donors (Lipinski definition) is 2. The molecule has 0 spiro atoms. The number of piperidine rings is 1. The second kappa shape index (κ2) is 7.37. The van der Waals surface area contributed by atoms with Crippen LogP contribution in [0.3, 0.4) is 0 Å². The third-order valence-corrected chi connectivity index (χ3v) is 3.04. The fraction of sp³-hybridized carbons (Fsp3) is 0.583. The minimum absolute atomic E-state index is 0.115. The zero-order valence-electron chi connectivity index (χ0n) is 10.6. The van der Waals surface area contributed by atoms with E-state index in [9.17, 15) is 4.79 Å². The Hall–Kier alpha value is -1.24. The van der Waals surface area contributed by atoms with Crippen LogP contribution in [0.15, 0.2) is 12.3 Å². The van der Waals surface area contributed by atoms with Crippen LogP contribution >= 0.6 is 11.6 Å². The number of carbonyl (C=O) groups is 1. The van der Waals surface area contributed by atoms with E-state index < -0.39 is 0 Å². The van der Waals surface area contributed by atoms with Gasteiger partial charge in [-0.2, -0.15) is 0 Å². The van der Waals surface area contributed by atoms with E-state index in [-0.39, 0.29) is 17.3 Å². The Morgan fingerprint density at radius 2 is 2.32 bits per heavy atom. The van der Waals surface area contributed by atoms with Crippen molar-refractivity contribution in [3.05, 3.63) is 17.5 Å². The van der Waals surface area contributed by atoms with E-state index in [1.165, 1.54) is 6.20 Å². The Balaban J connectivity index is 1.67. The lowest BCUT2D eigenvalue weighted by Gasteiger charge is -2.22. The van der Waals surface area contributed by atoms with E-state index in [0.717, 1.165) is 25.9 Å². The molecular weight excluding hydrogens is 268 g/mol. The number of rotatable bonds is 5. The Morgan fingerprint density at radius 1 is 1.53 bits per heavy atom. The molecule has 2 heterocycles. The lowest BCUT2D eigenvalue weighted by molar-refractivity contribution is -0.117. The Kier molecular flexibility index (Phi) is 5.50. The molecule has 0 aliphatic carbocycles. The molecule has 19 heavy (non-hydrogen) atoms. The summed E-state index contributed by atoms with van der Waals surface area (Å²) in [5.74, 6) is 0.274. The molecular formula is C12H17ClN4O2. The average Bonchev–Trinajstić information content (AvgIpc) is 2.40. The highest BCUT2D eigenvalue weighted by molar-refractivity contribution is 6.28. The molecule has 1 amide bonds. The van der Waals surface area contributed by atoms with Gasteiger partial charge in [0.2, 0.25) is 11.2 Å². The van der Waals surface area contributed by atoms with Crippen molar-refractivity contribution in [3.8, 4) is 0 Å². The van der Waals surface area contributed by atoms with Crippen molar-refractivity contribution in [3.63, 3.8) is 0 Å². The number of aromatic nitrogens is 2. The van der Waals surface area contributed by atoms with E-state index in [0.29, 0.717) is 18.8 Å². The van der Waals surface area contributed by atoms with E-state index in [1.807, 2.05) is 0 Å². The molecule has 2 rings (SSSR count). The van der Waals surface area contributed by atoms with Gasteiger partial charge in [0.25, 0.3) is 0 Å². The van der Waals surface area contributed by atoms with Gasteiger partial charge in [-0.3, -0.25) is 4.79 Å². The molecule has 1 aromatic heterocycles. The normalized spacial score (nSPS) is 16.3. The van der Waals surface area contributed by atoms with Crippen molar-refractivity contribution >= 4 is 23.3 Å². The largest absolute Gasteiger partial charge is 0.378 e. The first-order valence-corrected chi connectivity index (χ1v) is 6.72. The van der Waals surface area contributed by atoms with E-state index in [4.69, 9.17) is 16.3 Å². The Labute approximate surface area is 116 Å².